The van der Waals surface area contributed by atoms with Crippen LogP contribution in [0.5, 0.6) is 0 Å². The molecule has 0 aromatic carbocycles. The molecule has 1 unspecified atom stereocenters. The van der Waals surface area contributed by atoms with Crippen molar-refractivity contribution >= 4 is 17.9 Å². The molecule has 0 N–H and O–H groups in total. The average molecular weight is 998 g/mol. The van der Waals surface area contributed by atoms with E-state index < -0.39 is 6.10 Å². The lowest BCUT2D eigenvalue weighted by Crippen LogP contribution is -2.30. The molecule has 416 valence electrons. The maximum absolute atomic E-state index is 12.8. The number of carbonyl (C=O) groups is 3. The zero-order chi connectivity index (χ0) is 51.4. The van der Waals surface area contributed by atoms with Gasteiger partial charge in [0.15, 0.2) is 6.10 Å². The lowest BCUT2D eigenvalue weighted by atomic mass is 10.0. The molecule has 6 nitrogen and oxygen atoms in total. The van der Waals surface area contributed by atoms with Crippen LogP contribution in [-0.4, -0.2) is 37.2 Å². The zero-order valence-electron chi connectivity index (χ0n) is 47.8. The molecule has 0 aliphatic heterocycles. The van der Waals surface area contributed by atoms with E-state index in [9.17, 15) is 14.4 Å². The number of unbranched alkanes of at least 4 members (excludes halogenated alkanes) is 41. The first-order valence-electron chi connectivity index (χ1n) is 31.5. The molecule has 0 heterocycles. The molecule has 0 aromatic rings. The predicted molar refractivity (Wildman–Crippen MR) is 307 cm³/mol. The van der Waals surface area contributed by atoms with Crippen molar-refractivity contribution < 1.29 is 28.6 Å². The van der Waals surface area contributed by atoms with E-state index >= 15 is 0 Å². The Bertz CT molecular complexity index is 1190. The summed E-state index contributed by atoms with van der Waals surface area (Å²) in [5, 5.41) is 0. The summed E-state index contributed by atoms with van der Waals surface area (Å²) >= 11 is 0. The van der Waals surface area contributed by atoms with Crippen LogP contribution >= 0.6 is 0 Å². The summed E-state index contributed by atoms with van der Waals surface area (Å²) in [6.07, 6.45) is 73.1. The lowest BCUT2D eigenvalue weighted by Gasteiger charge is -2.18. The second-order valence-electron chi connectivity index (χ2n) is 21.3. The number of ether oxygens (including phenoxy) is 3. The third-order valence-electron chi connectivity index (χ3n) is 14.1. The molecule has 0 radical (unpaired) electrons. The summed E-state index contributed by atoms with van der Waals surface area (Å²) in [5.74, 6) is -0.877. The number of carbonyl (C=O) groups excluding carboxylic acids is 3. The molecule has 6 heteroatoms. The van der Waals surface area contributed by atoms with E-state index in [1.807, 2.05) is 0 Å². The van der Waals surface area contributed by atoms with E-state index in [4.69, 9.17) is 14.2 Å². The molecule has 71 heavy (non-hydrogen) atoms. The van der Waals surface area contributed by atoms with E-state index in [0.29, 0.717) is 19.3 Å². The largest absolute Gasteiger partial charge is 0.462 e. The molecule has 0 saturated carbocycles. The van der Waals surface area contributed by atoms with Crippen LogP contribution in [0.15, 0.2) is 36.5 Å². The van der Waals surface area contributed by atoms with Crippen LogP contribution in [0.25, 0.3) is 0 Å². The molecule has 1 atom stereocenters. The van der Waals surface area contributed by atoms with Crippen molar-refractivity contribution in [1.82, 2.24) is 0 Å². The van der Waals surface area contributed by atoms with Crippen molar-refractivity contribution in [2.24, 2.45) is 0 Å². The summed E-state index contributed by atoms with van der Waals surface area (Å²) in [6, 6.07) is 0. The Hall–Kier alpha value is -2.37. The molecule has 0 aromatic heterocycles. The van der Waals surface area contributed by atoms with Gasteiger partial charge >= 0.3 is 17.9 Å². The average Bonchev–Trinajstić information content (AvgIpc) is 3.37. The topological polar surface area (TPSA) is 78.9 Å². The van der Waals surface area contributed by atoms with Crippen LogP contribution in [0.3, 0.4) is 0 Å². The van der Waals surface area contributed by atoms with Gasteiger partial charge in [-0.05, 0) is 89.9 Å². The summed E-state index contributed by atoms with van der Waals surface area (Å²) < 4.78 is 16.9. The molecule has 0 saturated heterocycles. The third kappa shape index (κ3) is 58.4. The highest BCUT2D eigenvalue weighted by Crippen LogP contribution is 2.17. The van der Waals surface area contributed by atoms with Crippen LogP contribution < -0.4 is 0 Å². The molecule has 0 bridgehead atoms. The summed E-state index contributed by atoms with van der Waals surface area (Å²) in [4.78, 5) is 38.1. The van der Waals surface area contributed by atoms with E-state index in [0.717, 1.165) is 77.0 Å². The fourth-order valence-electron chi connectivity index (χ4n) is 9.32. The van der Waals surface area contributed by atoms with Crippen molar-refractivity contribution in [1.29, 1.82) is 0 Å². The first-order valence-corrected chi connectivity index (χ1v) is 31.5. The lowest BCUT2D eigenvalue weighted by molar-refractivity contribution is -0.167. The maximum atomic E-state index is 12.8. The van der Waals surface area contributed by atoms with Gasteiger partial charge in [0.05, 0.1) is 0 Å². The Kier molecular flexibility index (Phi) is 58.2. The van der Waals surface area contributed by atoms with Crippen molar-refractivity contribution in [2.75, 3.05) is 13.2 Å². The molecule has 0 spiro atoms. The monoisotopic (exact) mass is 997 g/mol. The second kappa shape index (κ2) is 60.2. The molecular weight excluding hydrogens is 877 g/mol. The van der Waals surface area contributed by atoms with Crippen molar-refractivity contribution in [3.63, 3.8) is 0 Å². The van der Waals surface area contributed by atoms with Crippen LogP contribution in [-0.2, 0) is 28.6 Å². The normalized spacial score (nSPS) is 12.2. The van der Waals surface area contributed by atoms with Gasteiger partial charge in [-0.2, -0.15) is 0 Å². The standard InChI is InChI=1S/C65H120O6/c1-4-7-10-13-16-19-22-24-26-28-29-30-31-32-33-34-35-36-37-38-40-41-43-46-49-52-55-58-64(67)70-61-62(60-69-63(66)57-54-51-48-45-21-18-15-12-9-6-3)71-65(68)59-56-53-50-47-44-42-39-27-25-23-20-17-14-11-8-5-2/h12,15,27-29,39,62H,4-11,13-14,16-26,30-38,40-61H2,1-3H3/b15-12-,29-28-,39-27-. The Balaban J connectivity index is 4.15. The van der Waals surface area contributed by atoms with Crippen LogP contribution in [0.4, 0.5) is 0 Å². The molecule has 0 rings (SSSR count). The number of hydrogen-bond acceptors (Lipinski definition) is 6. The van der Waals surface area contributed by atoms with E-state index in [1.165, 1.54) is 225 Å². The first-order chi connectivity index (χ1) is 35.0. The van der Waals surface area contributed by atoms with Crippen molar-refractivity contribution in [3.05, 3.63) is 36.5 Å². The van der Waals surface area contributed by atoms with E-state index in [-0.39, 0.29) is 31.1 Å². The minimum Gasteiger partial charge on any atom is -0.462 e. The number of rotatable bonds is 58. The summed E-state index contributed by atoms with van der Waals surface area (Å²) in [7, 11) is 0. The van der Waals surface area contributed by atoms with Crippen LogP contribution in [0.1, 0.15) is 342 Å². The minimum atomic E-state index is -0.777. The first kappa shape index (κ1) is 68.6. The fourth-order valence-corrected chi connectivity index (χ4v) is 9.32. The Morgan fingerprint density at radius 2 is 0.493 bits per heavy atom. The summed E-state index contributed by atoms with van der Waals surface area (Å²) in [6.45, 7) is 6.61. The predicted octanol–water partition coefficient (Wildman–Crippen LogP) is 21.2. The van der Waals surface area contributed by atoms with E-state index in [1.54, 1.807) is 0 Å². The highest BCUT2D eigenvalue weighted by atomic mass is 16.6. The van der Waals surface area contributed by atoms with Gasteiger partial charge in [-0.1, -0.05) is 269 Å². The van der Waals surface area contributed by atoms with Gasteiger partial charge in [-0.3, -0.25) is 14.4 Å². The molecular formula is C65H120O6. The van der Waals surface area contributed by atoms with Crippen molar-refractivity contribution in [3.8, 4) is 0 Å². The van der Waals surface area contributed by atoms with Gasteiger partial charge in [0.1, 0.15) is 13.2 Å². The van der Waals surface area contributed by atoms with Gasteiger partial charge in [0.25, 0.3) is 0 Å². The molecule has 0 aliphatic carbocycles. The smallest absolute Gasteiger partial charge is 0.306 e. The fraction of sp³-hybridized carbons (Fsp3) is 0.862. The van der Waals surface area contributed by atoms with Crippen molar-refractivity contribution in [2.45, 2.75) is 348 Å². The second-order valence-corrected chi connectivity index (χ2v) is 21.3. The molecule has 0 amide bonds. The Labute approximate surface area is 442 Å². The maximum Gasteiger partial charge on any atom is 0.306 e. The minimum absolute atomic E-state index is 0.0750. The third-order valence-corrected chi connectivity index (χ3v) is 14.1. The number of hydrogen-bond donors (Lipinski definition) is 0. The quantitative estimate of drug-likeness (QED) is 0.0261. The van der Waals surface area contributed by atoms with Gasteiger partial charge in [-0.25, -0.2) is 0 Å². The highest BCUT2D eigenvalue weighted by molar-refractivity contribution is 5.71. The van der Waals surface area contributed by atoms with Gasteiger partial charge in [0.2, 0.25) is 0 Å². The van der Waals surface area contributed by atoms with Crippen LogP contribution in [0.2, 0.25) is 0 Å². The van der Waals surface area contributed by atoms with E-state index in [2.05, 4.69) is 57.2 Å². The Morgan fingerprint density at radius 3 is 0.761 bits per heavy atom. The molecule has 0 fully saturated rings. The van der Waals surface area contributed by atoms with Gasteiger partial charge in [-0.15, -0.1) is 0 Å². The Morgan fingerprint density at radius 1 is 0.268 bits per heavy atom. The summed E-state index contributed by atoms with van der Waals surface area (Å²) in [5.41, 5.74) is 0. The number of allylic oxidation sites excluding steroid dienone is 6. The highest BCUT2D eigenvalue weighted by Gasteiger charge is 2.19. The zero-order valence-corrected chi connectivity index (χ0v) is 47.8. The van der Waals surface area contributed by atoms with Crippen LogP contribution in [0, 0.1) is 0 Å². The number of esters is 3. The SMILES string of the molecule is CCC/C=C\CCCCCCCC(=O)OCC(COC(=O)CCCCCCCCCCCCCCCCC/C=C\CCCCCCCCCC)OC(=O)CCCCCCC/C=C\CCCCCCCCC. The van der Waals surface area contributed by atoms with Gasteiger partial charge in [0, 0.05) is 19.3 Å². The molecule has 0 aliphatic rings. The van der Waals surface area contributed by atoms with Gasteiger partial charge < -0.3 is 14.2 Å².